The van der Waals surface area contributed by atoms with Gasteiger partial charge in [0.15, 0.2) is 0 Å². The van der Waals surface area contributed by atoms with Crippen LogP contribution >= 0.6 is 0 Å². The van der Waals surface area contributed by atoms with Crippen LogP contribution in [0.3, 0.4) is 0 Å². The van der Waals surface area contributed by atoms with Crippen molar-refractivity contribution in [3.63, 3.8) is 0 Å². The van der Waals surface area contributed by atoms with E-state index >= 15 is 0 Å². The summed E-state index contributed by atoms with van der Waals surface area (Å²) in [6.45, 7) is 18.0. The first-order valence-corrected chi connectivity index (χ1v) is 26.5. The van der Waals surface area contributed by atoms with E-state index in [-0.39, 0.29) is 5.41 Å². The summed E-state index contributed by atoms with van der Waals surface area (Å²) in [5, 5.41) is 0. The molecule has 2 rings (SSSR count). The predicted octanol–water partition coefficient (Wildman–Crippen LogP) is 8.98. The van der Waals surface area contributed by atoms with Gasteiger partial charge in [-0.3, -0.25) is 0 Å². The molecule has 1 saturated carbocycles. The molecule has 2 aliphatic carbocycles. The molecule has 3 atom stereocenters. The second-order valence-electron chi connectivity index (χ2n) is 12.8. The van der Waals surface area contributed by atoms with Gasteiger partial charge < -0.3 is 0 Å². The first-order chi connectivity index (χ1) is 16.2. The summed E-state index contributed by atoms with van der Waals surface area (Å²) in [4.78, 5) is 0. The summed E-state index contributed by atoms with van der Waals surface area (Å²) in [6.07, 6.45) is 16.1. The van der Waals surface area contributed by atoms with Crippen molar-refractivity contribution in [2.24, 2.45) is 5.41 Å². The number of rotatable bonds is 18. The average molecular weight is 602 g/mol. The Morgan fingerprint density at radius 1 is 0.941 bits per heavy atom. The summed E-state index contributed by atoms with van der Waals surface area (Å²) in [7, 11) is -1.03. The van der Waals surface area contributed by atoms with E-state index in [1.165, 1.54) is 57.4 Å². The molecular weight excluding hydrogens is 543 g/mol. The van der Waals surface area contributed by atoms with Gasteiger partial charge in [0.25, 0.3) is 0 Å². The van der Waals surface area contributed by atoms with Crippen LogP contribution in [0.2, 0.25) is 39.0 Å². The van der Waals surface area contributed by atoms with Crippen LogP contribution in [0, 0.1) is 5.41 Å². The quantitative estimate of drug-likeness (QED) is 0.0680. The minimum atomic E-state index is -2.22. The Balaban J connectivity index is 1.92. The van der Waals surface area contributed by atoms with Gasteiger partial charge in [-0.2, -0.15) is 0 Å². The average Bonchev–Trinajstić information content (AvgIpc) is 3.12. The van der Waals surface area contributed by atoms with Crippen LogP contribution in [0.25, 0.3) is 0 Å². The topological polar surface area (TPSA) is 27.7 Å². The zero-order chi connectivity index (χ0) is 25.1. The molecule has 5 heteroatoms. The fraction of sp³-hybridized carbons (Fsp3) is 0.931. The van der Waals surface area contributed by atoms with E-state index in [0.29, 0.717) is 19.0 Å². The molecule has 0 spiro atoms. The number of hydrogen-bond acceptors (Lipinski definition) is 3. The van der Waals surface area contributed by atoms with Gasteiger partial charge in [0.2, 0.25) is 0 Å². The molecule has 0 aliphatic heterocycles. The van der Waals surface area contributed by atoms with E-state index in [4.69, 9.17) is 14.2 Å². The summed E-state index contributed by atoms with van der Waals surface area (Å²) in [6, 6.07) is 1.21. The Bertz CT molecular complexity index is 581. The van der Waals surface area contributed by atoms with Crippen LogP contribution in [-0.4, -0.2) is 56.7 Å². The van der Waals surface area contributed by atoms with Gasteiger partial charge in [0.05, 0.1) is 0 Å². The Hall–Kier alpha value is 0.636. The van der Waals surface area contributed by atoms with Gasteiger partial charge in [-0.1, -0.05) is 19.6 Å². The third-order valence-electron chi connectivity index (χ3n) is 8.59. The predicted molar refractivity (Wildman–Crippen MR) is 153 cm³/mol. The molecule has 3 nitrogen and oxygen atoms in total. The Kier molecular flexibility index (Phi) is 13.7. The summed E-state index contributed by atoms with van der Waals surface area (Å²) in [5.74, 6) is 0. The van der Waals surface area contributed by atoms with Crippen LogP contribution < -0.4 is 0 Å². The van der Waals surface area contributed by atoms with Crippen molar-refractivity contribution in [1.29, 1.82) is 0 Å². The van der Waals surface area contributed by atoms with Crippen molar-refractivity contribution in [1.82, 2.24) is 0 Å². The Labute approximate surface area is 218 Å². The van der Waals surface area contributed by atoms with Crippen molar-refractivity contribution in [3.05, 3.63) is 11.6 Å². The van der Waals surface area contributed by atoms with Crippen molar-refractivity contribution in [2.75, 3.05) is 18.0 Å². The molecule has 34 heavy (non-hydrogen) atoms. The second kappa shape index (κ2) is 15.1. The van der Waals surface area contributed by atoms with Gasteiger partial charge in [0.1, 0.15) is 0 Å². The van der Waals surface area contributed by atoms with E-state index in [1.54, 1.807) is 18.9 Å². The third kappa shape index (κ3) is 9.83. The summed E-state index contributed by atoms with van der Waals surface area (Å²) < 4.78 is 24.8. The maximum absolute atomic E-state index is 6.83. The number of ether oxygens (including phenoxy) is 3. The SMILES string of the molecule is CCC[CH2][Sn]([CH2]CCC)([CH2]CCC)[CH2]O[C@@H]1C=C2CC[C@H](OCOCC[Si](C)(C)C)[C@@]2(C)CC1. The van der Waals surface area contributed by atoms with Gasteiger partial charge in [0, 0.05) is 8.07 Å². The monoisotopic (exact) mass is 602 g/mol. The zero-order valence-corrected chi connectivity index (χ0v) is 27.8. The molecule has 0 bridgehead atoms. The fourth-order valence-electron chi connectivity index (χ4n) is 5.94. The van der Waals surface area contributed by atoms with E-state index in [9.17, 15) is 0 Å². The van der Waals surface area contributed by atoms with E-state index < -0.39 is 26.5 Å². The van der Waals surface area contributed by atoms with E-state index in [1.807, 2.05) is 0 Å². The molecule has 0 aromatic carbocycles. The molecule has 0 aromatic heterocycles. The summed E-state index contributed by atoms with van der Waals surface area (Å²) in [5.41, 5.74) is 1.79. The normalized spacial score (nSPS) is 25.4. The molecule has 2 aliphatic rings. The molecule has 0 radical (unpaired) electrons. The van der Waals surface area contributed by atoms with Crippen LogP contribution in [0.1, 0.15) is 91.9 Å². The fourth-order valence-corrected chi connectivity index (χ4v) is 21.1. The zero-order valence-electron chi connectivity index (χ0n) is 24.0. The molecular formula is C29H58O3SiSn. The first kappa shape index (κ1) is 30.9. The molecule has 0 heterocycles. The first-order valence-electron chi connectivity index (χ1n) is 14.7. The third-order valence-corrected chi connectivity index (χ3v) is 24.6. The van der Waals surface area contributed by atoms with Gasteiger partial charge >= 0.3 is 191 Å². The number of fused-ring (bicyclic) bond motifs is 1. The van der Waals surface area contributed by atoms with Gasteiger partial charge in [-0.05, 0) is 0 Å². The van der Waals surface area contributed by atoms with Crippen LogP contribution in [0.4, 0.5) is 0 Å². The van der Waals surface area contributed by atoms with Crippen LogP contribution in [0.15, 0.2) is 11.6 Å². The standard InChI is InChI=1S/C17H31O3Si.3C4H9.Sn/c1-17-9-8-15(18-2)12-14(17)6-7-16(17)20-13-19-10-11-21(3,4)5;3*1-3-4-2;/h12,15-16H,2,6-11,13H2,1,3-5H3;3*1,3-4H2,2H3;/t15-,16-,17-;;;;/m0..../s1. The molecule has 0 saturated heterocycles. The Morgan fingerprint density at radius 2 is 1.56 bits per heavy atom. The maximum atomic E-state index is 6.83. The molecule has 0 aromatic rings. The van der Waals surface area contributed by atoms with Gasteiger partial charge in [-0.25, -0.2) is 0 Å². The minimum absolute atomic E-state index is 0.189. The number of unbranched alkanes of at least 4 members (excludes halogenated alkanes) is 3. The molecule has 200 valence electrons. The molecule has 0 N–H and O–H groups in total. The molecule has 0 amide bonds. The van der Waals surface area contributed by atoms with Crippen molar-refractivity contribution in [2.45, 2.75) is 143 Å². The van der Waals surface area contributed by atoms with Crippen molar-refractivity contribution < 1.29 is 14.2 Å². The molecule has 1 fully saturated rings. The van der Waals surface area contributed by atoms with Crippen molar-refractivity contribution >= 4 is 26.5 Å². The number of hydrogen-bond donors (Lipinski definition) is 0. The van der Waals surface area contributed by atoms with E-state index in [0.717, 1.165) is 24.1 Å². The van der Waals surface area contributed by atoms with Crippen molar-refractivity contribution in [3.8, 4) is 0 Å². The second-order valence-corrected chi connectivity index (χ2v) is 32.1. The van der Waals surface area contributed by atoms with Crippen LogP contribution in [0.5, 0.6) is 0 Å². The molecule has 0 unspecified atom stereocenters. The van der Waals surface area contributed by atoms with E-state index in [2.05, 4.69) is 53.4 Å². The summed E-state index contributed by atoms with van der Waals surface area (Å²) >= 11 is -2.22. The Morgan fingerprint density at radius 3 is 2.12 bits per heavy atom. The van der Waals surface area contributed by atoms with Crippen LogP contribution in [-0.2, 0) is 14.2 Å². The van der Waals surface area contributed by atoms with Gasteiger partial charge in [-0.15, -0.1) is 0 Å².